The Hall–Kier alpha value is -0.0800. The summed E-state index contributed by atoms with van der Waals surface area (Å²) in [6, 6.07) is 0.656. The summed E-state index contributed by atoms with van der Waals surface area (Å²) in [4.78, 5) is 0. The van der Waals surface area contributed by atoms with E-state index in [9.17, 15) is 5.11 Å². The highest BCUT2D eigenvalue weighted by Crippen LogP contribution is 2.21. The van der Waals surface area contributed by atoms with E-state index in [1.165, 1.54) is 25.7 Å². The summed E-state index contributed by atoms with van der Waals surface area (Å²) in [5, 5.41) is 13.1. The van der Waals surface area contributed by atoms with E-state index in [1.54, 1.807) is 0 Å². The van der Waals surface area contributed by atoms with Gasteiger partial charge in [0, 0.05) is 12.6 Å². The molecule has 98 valence electrons. The molecule has 0 radical (unpaired) electrons. The first kappa shape index (κ1) is 15.9. The summed E-state index contributed by atoms with van der Waals surface area (Å²) in [7, 11) is 0. The summed E-state index contributed by atoms with van der Waals surface area (Å²) in [6.45, 7) is 11.8. The number of nitrogens with one attached hydrogen (secondary N) is 1. The zero-order chi connectivity index (χ0) is 12.6. The molecule has 0 bridgehead atoms. The van der Waals surface area contributed by atoms with E-state index in [4.69, 9.17) is 0 Å². The van der Waals surface area contributed by atoms with Crippen LogP contribution in [0.5, 0.6) is 0 Å². The van der Waals surface area contributed by atoms with E-state index in [2.05, 4.69) is 33.0 Å². The molecule has 0 heterocycles. The number of hydrogen-bond donors (Lipinski definition) is 2. The monoisotopic (exact) mass is 229 g/mol. The molecule has 0 aliphatic rings. The fourth-order valence-electron chi connectivity index (χ4n) is 2.34. The second-order valence-electron chi connectivity index (χ2n) is 5.87. The van der Waals surface area contributed by atoms with Gasteiger partial charge in [0.2, 0.25) is 0 Å². The minimum Gasteiger partial charge on any atom is -0.393 e. The van der Waals surface area contributed by atoms with Crippen LogP contribution in [0.1, 0.15) is 66.7 Å². The lowest BCUT2D eigenvalue weighted by Gasteiger charge is -2.29. The van der Waals surface area contributed by atoms with E-state index in [0.717, 1.165) is 13.0 Å². The predicted octanol–water partition coefficient (Wildman–Crippen LogP) is 3.34. The first-order valence-electron chi connectivity index (χ1n) is 6.82. The summed E-state index contributed by atoms with van der Waals surface area (Å²) >= 11 is 0. The van der Waals surface area contributed by atoms with Crippen LogP contribution in [0, 0.1) is 5.41 Å². The van der Waals surface area contributed by atoms with Gasteiger partial charge in [0.15, 0.2) is 0 Å². The Morgan fingerprint density at radius 1 is 1.12 bits per heavy atom. The fourth-order valence-corrected chi connectivity index (χ4v) is 2.34. The van der Waals surface area contributed by atoms with Gasteiger partial charge in [0.25, 0.3) is 0 Å². The molecular formula is C14H31NO. The molecule has 0 spiro atoms. The van der Waals surface area contributed by atoms with Gasteiger partial charge in [-0.05, 0) is 31.6 Å². The van der Waals surface area contributed by atoms with Gasteiger partial charge < -0.3 is 10.4 Å². The van der Waals surface area contributed by atoms with Crippen molar-refractivity contribution in [3.63, 3.8) is 0 Å². The van der Waals surface area contributed by atoms with Crippen molar-refractivity contribution >= 4 is 0 Å². The van der Waals surface area contributed by atoms with Crippen molar-refractivity contribution in [1.29, 1.82) is 0 Å². The lowest BCUT2D eigenvalue weighted by atomic mass is 9.86. The fraction of sp³-hybridized carbons (Fsp3) is 1.00. The van der Waals surface area contributed by atoms with Crippen LogP contribution in [0.15, 0.2) is 0 Å². The number of aliphatic hydroxyl groups excluding tert-OH is 1. The van der Waals surface area contributed by atoms with Crippen molar-refractivity contribution in [2.24, 2.45) is 5.41 Å². The van der Waals surface area contributed by atoms with Crippen molar-refractivity contribution < 1.29 is 5.11 Å². The average molecular weight is 229 g/mol. The van der Waals surface area contributed by atoms with Crippen LogP contribution in [0.2, 0.25) is 0 Å². The summed E-state index contributed by atoms with van der Waals surface area (Å²) in [5.74, 6) is 0. The van der Waals surface area contributed by atoms with Crippen LogP contribution in [0.3, 0.4) is 0 Å². The first-order chi connectivity index (χ1) is 7.41. The predicted molar refractivity (Wildman–Crippen MR) is 71.7 cm³/mol. The lowest BCUT2D eigenvalue weighted by Crippen LogP contribution is -2.38. The summed E-state index contributed by atoms with van der Waals surface area (Å²) in [5.41, 5.74) is 0.188. The number of aliphatic hydroxyl groups is 1. The topological polar surface area (TPSA) is 32.3 Å². The van der Waals surface area contributed by atoms with E-state index < -0.39 is 0 Å². The molecule has 0 aromatic rings. The highest BCUT2D eigenvalue weighted by molar-refractivity contribution is 4.77. The Balaban J connectivity index is 3.96. The largest absolute Gasteiger partial charge is 0.393 e. The molecule has 0 saturated heterocycles. The van der Waals surface area contributed by atoms with Gasteiger partial charge in [-0.15, -0.1) is 0 Å². The normalized spacial score (nSPS) is 14.4. The number of rotatable bonds is 9. The minimum absolute atomic E-state index is 0.188. The summed E-state index contributed by atoms with van der Waals surface area (Å²) in [6.07, 6.45) is 5.68. The third-order valence-corrected chi connectivity index (χ3v) is 2.99. The quantitative estimate of drug-likeness (QED) is 0.635. The second-order valence-corrected chi connectivity index (χ2v) is 5.87. The maximum Gasteiger partial charge on any atom is 0.0517 e. The third-order valence-electron chi connectivity index (χ3n) is 2.99. The first-order valence-corrected chi connectivity index (χ1v) is 6.82. The van der Waals surface area contributed by atoms with E-state index in [0.29, 0.717) is 6.04 Å². The molecule has 0 aromatic heterocycles. The SMILES string of the molecule is CCCC(CCC)NCC(C)(C)CC(C)O. The van der Waals surface area contributed by atoms with E-state index in [1.807, 2.05) is 6.92 Å². The molecule has 0 rings (SSSR count). The zero-order valence-electron chi connectivity index (χ0n) is 11.8. The van der Waals surface area contributed by atoms with Crippen molar-refractivity contribution in [2.75, 3.05) is 6.54 Å². The molecule has 0 aliphatic heterocycles. The maximum atomic E-state index is 9.43. The van der Waals surface area contributed by atoms with Gasteiger partial charge in [0.05, 0.1) is 6.10 Å². The van der Waals surface area contributed by atoms with Crippen LogP contribution in [0.4, 0.5) is 0 Å². The Bertz CT molecular complexity index is 160. The Labute approximate surface area is 102 Å². The molecule has 0 amide bonds. The highest BCUT2D eigenvalue weighted by atomic mass is 16.3. The van der Waals surface area contributed by atoms with Gasteiger partial charge in [0.1, 0.15) is 0 Å². The van der Waals surface area contributed by atoms with Gasteiger partial charge in [-0.2, -0.15) is 0 Å². The molecular weight excluding hydrogens is 198 g/mol. The molecule has 0 aromatic carbocycles. The van der Waals surface area contributed by atoms with Crippen molar-refractivity contribution in [2.45, 2.75) is 78.9 Å². The van der Waals surface area contributed by atoms with Gasteiger partial charge >= 0.3 is 0 Å². The number of hydrogen-bond acceptors (Lipinski definition) is 2. The minimum atomic E-state index is -0.201. The van der Waals surface area contributed by atoms with Crippen LogP contribution < -0.4 is 5.32 Å². The van der Waals surface area contributed by atoms with Gasteiger partial charge in [-0.3, -0.25) is 0 Å². The smallest absolute Gasteiger partial charge is 0.0517 e. The van der Waals surface area contributed by atoms with Crippen LogP contribution in [0.25, 0.3) is 0 Å². The molecule has 2 N–H and O–H groups in total. The standard InChI is InChI=1S/C14H31NO/c1-6-8-13(9-7-2)15-11-14(4,5)10-12(3)16/h12-13,15-16H,6-11H2,1-5H3. The molecule has 2 nitrogen and oxygen atoms in total. The molecule has 1 atom stereocenters. The Morgan fingerprint density at radius 3 is 2.00 bits per heavy atom. The van der Waals surface area contributed by atoms with Crippen LogP contribution in [-0.2, 0) is 0 Å². The van der Waals surface area contributed by atoms with Crippen molar-refractivity contribution in [3.05, 3.63) is 0 Å². The zero-order valence-corrected chi connectivity index (χ0v) is 11.8. The maximum absolute atomic E-state index is 9.43. The van der Waals surface area contributed by atoms with Gasteiger partial charge in [-0.25, -0.2) is 0 Å². The third kappa shape index (κ3) is 8.12. The van der Waals surface area contributed by atoms with Crippen molar-refractivity contribution in [3.8, 4) is 0 Å². The molecule has 16 heavy (non-hydrogen) atoms. The average Bonchev–Trinajstić information content (AvgIpc) is 2.13. The Kier molecular flexibility index (Phi) is 8.04. The lowest BCUT2D eigenvalue weighted by molar-refractivity contribution is 0.125. The second kappa shape index (κ2) is 8.08. The van der Waals surface area contributed by atoms with Crippen LogP contribution in [-0.4, -0.2) is 23.8 Å². The van der Waals surface area contributed by atoms with E-state index >= 15 is 0 Å². The molecule has 0 aliphatic carbocycles. The summed E-state index contributed by atoms with van der Waals surface area (Å²) < 4.78 is 0. The van der Waals surface area contributed by atoms with E-state index in [-0.39, 0.29) is 11.5 Å². The van der Waals surface area contributed by atoms with Gasteiger partial charge in [-0.1, -0.05) is 40.5 Å². The Morgan fingerprint density at radius 2 is 1.62 bits per heavy atom. The van der Waals surface area contributed by atoms with Crippen LogP contribution >= 0.6 is 0 Å². The molecule has 0 fully saturated rings. The molecule has 1 unspecified atom stereocenters. The molecule has 0 saturated carbocycles. The highest BCUT2D eigenvalue weighted by Gasteiger charge is 2.21. The molecule has 2 heteroatoms. The van der Waals surface area contributed by atoms with Crippen molar-refractivity contribution in [1.82, 2.24) is 5.32 Å².